The minimum Gasteiger partial charge on any atom is -0.313 e. The normalized spacial score (nSPS) is 14.0. The molecule has 168 valence electrons. The van der Waals surface area contributed by atoms with Gasteiger partial charge in [0.1, 0.15) is 6.33 Å². The maximum absolute atomic E-state index is 12.5. The number of fused-ring (bicyclic) bond motifs is 1. The Morgan fingerprint density at radius 1 is 1.21 bits per heavy atom. The molecule has 3 aromatic heterocycles. The summed E-state index contributed by atoms with van der Waals surface area (Å²) in [6.45, 7) is 3.95. The third kappa shape index (κ3) is 3.92. The number of hydrogen-bond acceptors (Lipinski definition) is 5. The monoisotopic (exact) mass is 462 g/mol. The number of rotatable bonds is 4. The summed E-state index contributed by atoms with van der Waals surface area (Å²) in [4.78, 5) is 29.4. The number of halogens is 1. The van der Waals surface area contributed by atoms with Crippen LogP contribution >= 0.6 is 11.6 Å². The van der Waals surface area contributed by atoms with Gasteiger partial charge in [-0.1, -0.05) is 17.7 Å². The van der Waals surface area contributed by atoms with Gasteiger partial charge in [-0.2, -0.15) is 5.10 Å². The van der Waals surface area contributed by atoms with Crippen LogP contribution in [0.3, 0.4) is 0 Å². The van der Waals surface area contributed by atoms with Crippen molar-refractivity contribution in [3.05, 3.63) is 91.6 Å². The van der Waals surface area contributed by atoms with Gasteiger partial charge in [0, 0.05) is 42.6 Å². The lowest BCUT2D eigenvalue weighted by Crippen LogP contribution is -2.38. The summed E-state index contributed by atoms with van der Waals surface area (Å²) >= 11 is 6.47. The molecule has 0 bridgehead atoms. The predicted octanol–water partition coefficient (Wildman–Crippen LogP) is 2.64. The van der Waals surface area contributed by atoms with Gasteiger partial charge in [-0.05, 0) is 60.4 Å². The molecule has 0 unspecified atom stereocenters. The standard InChI is InChI=1S/C24H23ClN6O2/c1-15-9-18(25)11-19(22(15)17-3-6-26-7-4-17)23-20-10-16(13-31(20)28-14-27-23)12-30-21(32)5-8-29(2)24(30)33/h3,5,8-11,13-14,26H,4,6-7,12H2,1-2H3. The summed E-state index contributed by atoms with van der Waals surface area (Å²) in [6.07, 6.45) is 7.93. The van der Waals surface area contributed by atoms with Crippen molar-refractivity contribution < 1.29 is 0 Å². The van der Waals surface area contributed by atoms with Gasteiger partial charge in [0.25, 0.3) is 5.56 Å². The lowest BCUT2D eigenvalue weighted by atomic mass is 9.90. The molecule has 1 aromatic carbocycles. The van der Waals surface area contributed by atoms with Gasteiger partial charge in [0.2, 0.25) is 0 Å². The van der Waals surface area contributed by atoms with Gasteiger partial charge in [-0.15, -0.1) is 0 Å². The number of hydrogen-bond donors (Lipinski definition) is 1. The molecular weight excluding hydrogens is 440 g/mol. The van der Waals surface area contributed by atoms with Crippen molar-refractivity contribution in [1.29, 1.82) is 0 Å². The van der Waals surface area contributed by atoms with Crippen LogP contribution in [0.15, 0.2) is 58.7 Å². The molecule has 0 amide bonds. The Kier molecular flexibility index (Phi) is 5.47. The molecule has 0 aliphatic carbocycles. The molecule has 1 aliphatic heterocycles. The summed E-state index contributed by atoms with van der Waals surface area (Å²) < 4.78 is 4.32. The van der Waals surface area contributed by atoms with Crippen molar-refractivity contribution in [2.75, 3.05) is 13.1 Å². The zero-order valence-corrected chi connectivity index (χ0v) is 19.1. The van der Waals surface area contributed by atoms with Gasteiger partial charge >= 0.3 is 5.69 Å². The van der Waals surface area contributed by atoms with Crippen molar-refractivity contribution >= 4 is 22.7 Å². The zero-order valence-electron chi connectivity index (χ0n) is 18.4. The minimum atomic E-state index is -0.366. The molecule has 9 heteroatoms. The minimum absolute atomic E-state index is 0.146. The maximum Gasteiger partial charge on any atom is 0.331 e. The third-order valence-electron chi connectivity index (χ3n) is 5.98. The Morgan fingerprint density at radius 2 is 2.06 bits per heavy atom. The molecule has 0 saturated carbocycles. The topological polar surface area (TPSA) is 86.2 Å². The van der Waals surface area contributed by atoms with E-state index in [-0.39, 0.29) is 17.8 Å². The number of benzene rings is 1. The SMILES string of the molecule is Cc1cc(Cl)cc(-c2ncnn3cc(Cn4c(=O)ccn(C)c4=O)cc23)c1C1=CCNCC1. The largest absolute Gasteiger partial charge is 0.331 e. The van der Waals surface area contributed by atoms with E-state index in [4.69, 9.17) is 11.6 Å². The van der Waals surface area contributed by atoms with Crippen LogP contribution in [-0.4, -0.2) is 36.8 Å². The fourth-order valence-electron chi connectivity index (χ4n) is 4.43. The first-order valence-electron chi connectivity index (χ1n) is 10.7. The molecule has 1 N–H and O–H groups in total. The van der Waals surface area contributed by atoms with E-state index in [1.54, 1.807) is 11.6 Å². The highest BCUT2D eigenvalue weighted by Crippen LogP contribution is 2.37. The second-order valence-corrected chi connectivity index (χ2v) is 8.69. The quantitative estimate of drug-likeness (QED) is 0.504. The molecule has 4 heterocycles. The summed E-state index contributed by atoms with van der Waals surface area (Å²) in [5.74, 6) is 0. The maximum atomic E-state index is 12.5. The van der Waals surface area contributed by atoms with E-state index >= 15 is 0 Å². The Hall–Kier alpha value is -3.49. The van der Waals surface area contributed by atoms with Crippen molar-refractivity contribution in [2.24, 2.45) is 7.05 Å². The van der Waals surface area contributed by atoms with Crippen molar-refractivity contribution in [3.63, 3.8) is 0 Å². The van der Waals surface area contributed by atoms with Crippen LogP contribution < -0.4 is 16.6 Å². The molecule has 0 saturated heterocycles. The summed E-state index contributed by atoms with van der Waals surface area (Å²) in [7, 11) is 1.62. The first kappa shape index (κ1) is 21.4. The molecule has 8 nitrogen and oxygen atoms in total. The Bertz CT molecular complexity index is 1530. The molecular formula is C24H23ClN6O2. The Morgan fingerprint density at radius 3 is 2.85 bits per heavy atom. The van der Waals surface area contributed by atoms with E-state index in [0.717, 1.165) is 53.0 Å². The first-order valence-corrected chi connectivity index (χ1v) is 11.1. The van der Waals surface area contributed by atoms with Crippen LogP contribution in [-0.2, 0) is 13.6 Å². The second kappa shape index (κ2) is 8.46. The second-order valence-electron chi connectivity index (χ2n) is 8.25. The van der Waals surface area contributed by atoms with Crippen LogP contribution in [0.2, 0.25) is 5.02 Å². The van der Waals surface area contributed by atoms with Crippen LogP contribution in [0, 0.1) is 6.92 Å². The fourth-order valence-corrected chi connectivity index (χ4v) is 4.70. The van der Waals surface area contributed by atoms with E-state index in [0.29, 0.717) is 5.02 Å². The van der Waals surface area contributed by atoms with E-state index in [1.165, 1.54) is 33.3 Å². The van der Waals surface area contributed by atoms with Gasteiger partial charge in [0.15, 0.2) is 0 Å². The number of nitrogens with zero attached hydrogens (tertiary/aromatic N) is 5. The van der Waals surface area contributed by atoms with E-state index < -0.39 is 0 Å². The van der Waals surface area contributed by atoms with Crippen molar-refractivity contribution in [1.82, 2.24) is 29.0 Å². The Labute approximate surface area is 194 Å². The molecule has 0 radical (unpaired) electrons. The average molecular weight is 463 g/mol. The number of aryl methyl sites for hydroxylation is 2. The molecule has 0 fully saturated rings. The van der Waals surface area contributed by atoms with E-state index in [2.05, 4.69) is 28.4 Å². The van der Waals surface area contributed by atoms with Crippen LogP contribution in [0.25, 0.3) is 22.3 Å². The lowest BCUT2D eigenvalue weighted by Gasteiger charge is -2.20. The van der Waals surface area contributed by atoms with Crippen LogP contribution in [0.5, 0.6) is 0 Å². The van der Waals surface area contributed by atoms with Gasteiger partial charge in [-0.3, -0.25) is 9.36 Å². The van der Waals surface area contributed by atoms with E-state index in [9.17, 15) is 9.59 Å². The molecule has 33 heavy (non-hydrogen) atoms. The smallest absolute Gasteiger partial charge is 0.313 e. The van der Waals surface area contributed by atoms with Gasteiger partial charge in [0.05, 0.1) is 17.8 Å². The molecule has 0 spiro atoms. The van der Waals surface area contributed by atoms with Crippen molar-refractivity contribution in [3.8, 4) is 11.3 Å². The molecule has 4 aromatic rings. The lowest BCUT2D eigenvalue weighted by molar-refractivity contribution is 0.639. The summed E-state index contributed by atoms with van der Waals surface area (Å²) in [6, 6.07) is 7.23. The average Bonchev–Trinajstić information content (AvgIpc) is 3.22. The molecule has 1 aliphatic rings. The Balaban J connectivity index is 1.67. The molecule has 5 rings (SSSR count). The van der Waals surface area contributed by atoms with E-state index in [1.807, 2.05) is 24.4 Å². The number of aromatic nitrogens is 5. The third-order valence-corrected chi connectivity index (χ3v) is 6.20. The number of nitrogens with one attached hydrogen (secondary N) is 1. The van der Waals surface area contributed by atoms with Gasteiger partial charge < -0.3 is 9.88 Å². The first-order chi connectivity index (χ1) is 15.9. The molecule has 0 atom stereocenters. The predicted molar refractivity (Wildman–Crippen MR) is 129 cm³/mol. The van der Waals surface area contributed by atoms with Crippen LogP contribution in [0.4, 0.5) is 0 Å². The zero-order chi connectivity index (χ0) is 23.1. The fraction of sp³-hybridized carbons (Fsp3) is 0.250. The van der Waals surface area contributed by atoms with Gasteiger partial charge in [-0.25, -0.2) is 14.3 Å². The highest BCUT2D eigenvalue weighted by Gasteiger charge is 2.19. The highest BCUT2D eigenvalue weighted by atomic mass is 35.5. The van der Waals surface area contributed by atoms with Crippen LogP contribution in [0.1, 0.15) is 23.1 Å². The highest BCUT2D eigenvalue weighted by molar-refractivity contribution is 6.31. The summed E-state index contributed by atoms with van der Waals surface area (Å²) in [5, 5.41) is 8.36. The van der Waals surface area contributed by atoms with Crippen molar-refractivity contribution in [2.45, 2.75) is 19.9 Å². The summed E-state index contributed by atoms with van der Waals surface area (Å²) in [5.41, 5.74) is 6.04.